The predicted molar refractivity (Wildman–Crippen MR) is 95.3 cm³/mol. The number of phenolic OH excluding ortho intramolecular Hbond substituents is 1. The number of hydrogen-bond acceptors (Lipinski definition) is 3. The van der Waals surface area contributed by atoms with Gasteiger partial charge in [-0.3, -0.25) is 4.79 Å². The van der Waals surface area contributed by atoms with Crippen LogP contribution in [0, 0.1) is 6.92 Å². The van der Waals surface area contributed by atoms with E-state index in [4.69, 9.17) is 16.3 Å². The maximum absolute atomic E-state index is 12.5. The summed E-state index contributed by atoms with van der Waals surface area (Å²) in [6.45, 7) is 5.11. The van der Waals surface area contributed by atoms with Crippen molar-refractivity contribution >= 4 is 39.1 Å². The zero-order valence-electron chi connectivity index (χ0n) is 13.0. The number of rotatable bonds is 4. The first kappa shape index (κ1) is 17.6. The molecule has 0 saturated carbocycles. The van der Waals surface area contributed by atoms with E-state index in [9.17, 15) is 9.90 Å². The molecule has 2 N–H and O–H groups in total. The maximum Gasteiger partial charge on any atom is 0.267 e. The highest BCUT2D eigenvalue weighted by atomic mass is 79.9. The molecule has 0 aromatic heterocycles. The summed E-state index contributed by atoms with van der Waals surface area (Å²) in [5.41, 5.74) is 0.155. The molecule has 6 heteroatoms. The van der Waals surface area contributed by atoms with Gasteiger partial charge in [0.2, 0.25) is 0 Å². The van der Waals surface area contributed by atoms with Crippen molar-refractivity contribution in [3.05, 3.63) is 51.5 Å². The van der Waals surface area contributed by atoms with E-state index in [0.717, 1.165) is 0 Å². The number of nitrogens with one attached hydrogen (secondary N) is 1. The van der Waals surface area contributed by atoms with Gasteiger partial charge in [0.1, 0.15) is 11.5 Å². The molecule has 0 saturated heterocycles. The number of benzene rings is 2. The number of carbonyl (C=O) groups excluding carboxylic acids is 1. The Balaban J connectivity index is 2.13. The number of carbonyl (C=O) groups is 1. The van der Waals surface area contributed by atoms with Crippen LogP contribution in [0.15, 0.2) is 40.9 Å². The van der Waals surface area contributed by atoms with Crippen LogP contribution in [0.1, 0.15) is 19.4 Å². The van der Waals surface area contributed by atoms with E-state index in [1.807, 2.05) is 0 Å². The average molecular weight is 399 g/mol. The van der Waals surface area contributed by atoms with E-state index in [2.05, 4.69) is 21.2 Å². The molecule has 0 radical (unpaired) electrons. The zero-order chi connectivity index (χ0) is 17.2. The fourth-order valence-electron chi connectivity index (χ4n) is 1.93. The van der Waals surface area contributed by atoms with Crippen molar-refractivity contribution in [2.24, 2.45) is 0 Å². The van der Waals surface area contributed by atoms with E-state index < -0.39 is 5.60 Å². The zero-order valence-corrected chi connectivity index (χ0v) is 15.3. The van der Waals surface area contributed by atoms with Gasteiger partial charge in [0.25, 0.3) is 5.91 Å². The normalized spacial score (nSPS) is 11.2. The lowest BCUT2D eigenvalue weighted by molar-refractivity contribution is -0.128. The van der Waals surface area contributed by atoms with Crippen LogP contribution < -0.4 is 10.1 Å². The Morgan fingerprint density at radius 3 is 2.43 bits per heavy atom. The van der Waals surface area contributed by atoms with Gasteiger partial charge in [0.05, 0.1) is 4.47 Å². The number of aromatic hydroxyl groups is 1. The molecule has 0 fully saturated rings. The summed E-state index contributed by atoms with van der Waals surface area (Å²) in [5, 5.41) is 13.1. The Labute approximate surface area is 148 Å². The van der Waals surface area contributed by atoms with Gasteiger partial charge in [-0.25, -0.2) is 0 Å². The van der Waals surface area contributed by atoms with Crippen molar-refractivity contribution in [3.63, 3.8) is 0 Å². The summed E-state index contributed by atoms with van der Waals surface area (Å²) in [6, 6.07) is 10.1. The van der Waals surface area contributed by atoms with Crippen LogP contribution in [0.25, 0.3) is 0 Å². The van der Waals surface area contributed by atoms with Crippen molar-refractivity contribution < 1.29 is 14.6 Å². The Morgan fingerprint density at radius 1 is 1.26 bits per heavy atom. The van der Waals surface area contributed by atoms with Crippen molar-refractivity contribution in [2.45, 2.75) is 26.4 Å². The summed E-state index contributed by atoms with van der Waals surface area (Å²) in [5.74, 6) is 0.404. The molecule has 0 heterocycles. The molecule has 0 aliphatic rings. The van der Waals surface area contributed by atoms with Crippen molar-refractivity contribution in [1.29, 1.82) is 0 Å². The second-order valence-corrected chi connectivity index (χ2v) is 6.93. The molecule has 0 bridgehead atoms. The lowest BCUT2D eigenvalue weighted by Gasteiger charge is -2.25. The van der Waals surface area contributed by atoms with Gasteiger partial charge in [-0.15, -0.1) is 0 Å². The minimum atomic E-state index is -1.08. The van der Waals surface area contributed by atoms with E-state index in [1.165, 1.54) is 0 Å². The van der Waals surface area contributed by atoms with Crippen LogP contribution >= 0.6 is 27.5 Å². The quantitative estimate of drug-likeness (QED) is 0.719. The van der Waals surface area contributed by atoms with Crippen LogP contribution in [0.5, 0.6) is 11.5 Å². The molecule has 0 spiro atoms. The number of anilines is 1. The van der Waals surface area contributed by atoms with Crippen molar-refractivity contribution in [2.75, 3.05) is 5.32 Å². The fourth-order valence-corrected chi connectivity index (χ4v) is 2.62. The topological polar surface area (TPSA) is 58.6 Å². The highest BCUT2D eigenvalue weighted by Gasteiger charge is 2.30. The van der Waals surface area contributed by atoms with Gasteiger partial charge < -0.3 is 15.2 Å². The SMILES string of the molecule is Cc1cc(NC(=O)C(C)(C)Oc2ccc(Cl)cc2)cc(Br)c1O. The number of hydrogen-bond donors (Lipinski definition) is 2. The minimum absolute atomic E-state index is 0.152. The number of amides is 1. The van der Waals surface area contributed by atoms with Crippen LogP contribution in [0.4, 0.5) is 5.69 Å². The van der Waals surface area contributed by atoms with Crippen molar-refractivity contribution in [3.8, 4) is 11.5 Å². The second kappa shape index (κ2) is 6.81. The first-order valence-electron chi connectivity index (χ1n) is 6.94. The third-order valence-corrected chi connectivity index (χ3v) is 4.10. The highest BCUT2D eigenvalue weighted by molar-refractivity contribution is 9.10. The van der Waals surface area contributed by atoms with Crippen LogP contribution in [-0.2, 0) is 4.79 Å². The van der Waals surface area contributed by atoms with Gasteiger partial charge in [0.15, 0.2) is 5.60 Å². The smallest absolute Gasteiger partial charge is 0.267 e. The van der Waals surface area contributed by atoms with Gasteiger partial charge in [-0.1, -0.05) is 11.6 Å². The molecule has 2 aromatic rings. The molecule has 122 valence electrons. The van der Waals surface area contributed by atoms with Gasteiger partial charge in [-0.2, -0.15) is 0 Å². The minimum Gasteiger partial charge on any atom is -0.506 e. The van der Waals surface area contributed by atoms with Gasteiger partial charge in [-0.05, 0) is 78.7 Å². The number of ether oxygens (including phenoxy) is 1. The Bertz CT molecular complexity index is 706. The number of phenols is 1. The highest BCUT2D eigenvalue weighted by Crippen LogP contribution is 2.31. The van der Waals surface area contributed by atoms with Gasteiger partial charge in [0, 0.05) is 10.7 Å². The second-order valence-electron chi connectivity index (χ2n) is 5.64. The standard InChI is InChI=1S/C17H17BrClNO3/c1-10-8-12(9-14(18)15(10)21)20-16(22)17(2,3)23-13-6-4-11(19)5-7-13/h4-9,21H,1-3H3,(H,20,22). The Hall–Kier alpha value is -1.72. The number of halogens is 2. The monoisotopic (exact) mass is 397 g/mol. The summed E-state index contributed by atoms with van der Waals surface area (Å²) in [4.78, 5) is 12.5. The van der Waals surface area contributed by atoms with Crippen LogP contribution in [0.2, 0.25) is 5.02 Å². The lowest BCUT2D eigenvalue weighted by atomic mass is 10.1. The summed E-state index contributed by atoms with van der Waals surface area (Å²) in [6.07, 6.45) is 0. The van der Waals surface area contributed by atoms with E-state index in [0.29, 0.717) is 26.5 Å². The summed E-state index contributed by atoms with van der Waals surface area (Å²) < 4.78 is 6.26. The van der Waals surface area contributed by atoms with Crippen LogP contribution in [-0.4, -0.2) is 16.6 Å². The lowest BCUT2D eigenvalue weighted by Crippen LogP contribution is -2.42. The molecule has 23 heavy (non-hydrogen) atoms. The molecular formula is C17H17BrClNO3. The van der Waals surface area contributed by atoms with E-state index in [1.54, 1.807) is 57.2 Å². The van der Waals surface area contributed by atoms with Gasteiger partial charge >= 0.3 is 0 Å². The van der Waals surface area contributed by atoms with Crippen molar-refractivity contribution in [1.82, 2.24) is 0 Å². The molecular weight excluding hydrogens is 382 g/mol. The molecule has 0 unspecified atom stereocenters. The van der Waals surface area contributed by atoms with Crippen LogP contribution in [0.3, 0.4) is 0 Å². The first-order chi connectivity index (χ1) is 10.7. The molecule has 0 atom stereocenters. The maximum atomic E-state index is 12.5. The first-order valence-corrected chi connectivity index (χ1v) is 8.11. The fraction of sp³-hybridized carbons (Fsp3) is 0.235. The third-order valence-electron chi connectivity index (χ3n) is 3.25. The molecule has 0 aliphatic carbocycles. The molecule has 0 aliphatic heterocycles. The van der Waals surface area contributed by atoms with E-state index in [-0.39, 0.29) is 11.7 Å². The molecule has 2 rings (SSSR count). The molecule has 2 aromatic carbocycles. The molecule has 4 nitrogen and oxygen atoms in total. The largest absolute Gasteiger partial charge is 0.506 e. The summed E-state index contributed by atoms with van der Waals surface area (Å²) >= 11 is 9.09. The summed E-state index contributed by atoms with van der Waals surface area (Å²) in [7, 11) is 0. The number of aryl methyl sites for hydroxylation is 1. The average Bonchev–Trinajstić information content (AvgIpc) is 2.47. The predicted octanol–water partition coefficient (Wildman–Crippen LogP) is 4.91. The Kier molecular flexibility index (Phi) is 5.22. The molecule has 1 amide bonds. The van der Waals surface area contributed by atoms with E-state index >= 15 is 0 Å². The Morgan fingerprint density at radius 2 is 1.87 bits per heavy atom. The third kappa shape index (κ3) is 4.39.